The molecule has 176 valence electrons. The fraction of sp³-hybridized carbons (Fsp3) is 0.385. The number of anilines is 1. The molecule has 34 heavy (non-hydrogen) atoms. The van der Waals surface area contributed by atoms with Crippen molar-refractivity contribution in [1.29, 1.82) is 0 Å². The standard InChI is InChI=1S/C26H29N5O3/c1-18(30-26(32)21-8-12-28-29-15-21)20-4-6-23(7-5-20)34-24-10-13-31(16-24)22-9-11-27-25(14-22)33-17-19-2-3-19/h4-9,11-12,14-15,18-19,24H,2-3,10,13,16-17H2,1H3,(H,30,32)/t18-,24?/m0/s1. The lowest BCUT2D eigenvalue weighted by Gasteiger charge is -2.20. The molecule has 3 aromatic rings. The van der Waals surface area contributed by atoms with Gasteiger partial charge >= 0.3 is 0 Å². The average Bonchev–Trinajstić information content (AvgIpc) is 3.60. The van der Waals surface area contributed by atoms with Crippen LogP contribution in [0.2, 0.25) is 0 Å². The number of carbonyl (C=O) groups excluding carboxylic acids is 1. The summed E-state index contributed by atoms with van der Waals surface area (Å²) in [5.74, 6) is 2.06. The third-order valence-electron chi connectivity index (χ3n) is 6.27. The van der Waals surface area contributed by atoms with Gasteiger partial charge in [-0.2, -0.15) is 10.2 Å². The Bertz CT molecular complexity index is 1100. The lowest BCUT2D eigenvalue weighted by atomic mass is 10.1. The van der Waals surface area contributed by atoms with Crippen molar-refractivity contribution in [1.82, 2.24) is 20.5 Å². The number of carbonyl (C=O) groups is 1. The van der Waals surface area contributed by atoms with Gasteiger partial charge < -0.3 is 19.7 Å². The number of pyridine rings is 1. The average molecular weight is 460 g/mol. The highest BCUT2D eigenvalue weighted by atomic mass is 16.5. The molecule has 0 bridgehead atoms. The third kappa shape index (κ3) is 5.62. The van der Waals surface area contributed by atoms with E-state index in [1.54, 1.807) is 6.07 Å². The van der Waals surface area contributed by atoms with Gasteiger partial charge in [-0.05, 0) is 55.5 Å². The second kappa shape index (κ2) is 10.1. The molecule has 2 aromatic heterocycles. The maximum atomic E-state index is 12.3. The Morgan fingerprint density at radius 2 is 1.97 bits per heavy atom. The quantitative estimate of drug-likeness (QED) is 0.520. The summed E-state index contributed by atoms with van der Waals surface area (Å²) in [7, 11) is 0. The largest absolute Gasteiger partial charge is 0.489 e. The number of hydrogen-bond acceptors (Lipinski definition) is 7. The van der Waals surface area contributed by atoms with Crippen molar-refractivity contribution in [3.63, 3.8) is 0 Å². The highest BCUT2D eigenvalue weighted by Crippen LogP contribution is 2.30. The van der Waals surface area contributed by atoms with Crippen LogP contribution in [0, 0.1) is 5.92 Å². The Kier molecular flexibility index (Phi) is 6.56. The van der Waals surface area contributed by atoms with Crippen LogP contribution in [-0.2, 0) is 0 Å². The van der Waals surface area contributed by atoms with Gasteiger partial charge in [-0.15, -0.1) is 0 Å². The molecule has 1 unspecified atom stereocenters. The summed E-state index contributed by atoms with van der Waals surface area (Å²) in [5.41, 5.74) is 2.62. The summed E-state index contributed by atoms with van der Waals surface area (Å²) < 4.78 is 12.1. The van der Waals surface area contributed by atoms with Crippen molar-refractivity contribution in [2.75, 3.05) is 24.6 Å². The molecule has 0 radical (unpaired) electrons. The minimum absolute atomic E-state index is 0.117. The number of nitrogens with one attached hydrogen (secondary N) is 1. The van der Waals surface area contributed by atoms with Gasteiger partial charge in [-0.1, -0.05) is 12.1 Å². The van der Waals surface area contributed by atoms with E-state index < -0.39 is 0 Å². The van der Waals surface area contributed by atoms with Crippen LogP contribution in [0.1, 0.15) is 48.1 Å². The zero-order valence-corrected chi connectivity index (χ0v) is 19.3. The summed E-state index contributed by atoms with van der Waals surface area (Å²) in [6, 6.07) is 13.5. The van der Waals surface area contributed by atoms with Crippen LogP contribution >= 0.6 is 0 Å². The number of hydrogen-bond donors (Lipinski definition) is 1. The molecule has 1 amide bonds. The summed E-state index contributed by atoms with van der Waals surface area (Å²) in [5, 5.41) is 10.4. The van der Waals surface area contributed by atoms with Gasteiger partial charge in [0.25, 0.3) is 5.91 Å². The highest BCUT2D eigenvalue weighted by Gasteiger charge is 2.25. The zero-order valence-electron chi connectivity index (χ0n) is 19.3. The molecule has 8 heteroatoms. The number of amides is 1. The Morgan fingerprint density at radius 3 is 2.74 bits per heavy atom. The Balaban J connectivity index is 1.13. The molecule has 3 heterocycles. The van der Waals surface area contributed by atoms with E-state index in [2.05, 4.69) is 25.4 Å². The van der Waals surface area contributed by atoms with Crippen LogP contribution in [0.25, 0.3) is 0 Å². The van der Waals surface area contributed by atoms with Crippen molar-refractivity contribution in [3.05, 3.63) is 72.2 Å². The first kappa shape index (κ1) is 22.1. The topological polar surface area (TPSA) is 89.5 Å². The maximum Gasteiger partial charge on any atom is 0.253 e. The molecule has 2 atom stereocenters. The smallest absolute Gasteiger partial charge is 0.253 e. The van der Waals surface area contributed by atoms with Gasteiger partial charge in [0.05, 0.1) is 37.2 Å². The van der Waals surface area contributed by atoms with Crippen molar-refractivity contribution in [2.24, 2.45) is 5.92 Å². The van der Waals surface area contributed by atoms with E-state index in [1.807, 2.05) is 49.5 Å². The van der Waals surface area contributed by atoms with Crippen LogP contribution in [0.4, 0.5) is 5.69 Å². The van der Waals surface area contributed by atoms with Gasteiger partial charge in [0.2, 0.25) is 5.88 Å². The molecule has 5 rings (SSSR count). The predicted octanol–water partition coefficient (Wildman–Crippen LogP) is 3.81. The van der Waals surface area contributed by atoms with Gasteiger partial charge in [0.15, 0.2) is 0 Å². The highest BCUT2D eigenvalue weighted by molar-refractivity contribution is 5.93. The number of benzene rings is 1. The minimum Gasteiger partial charge on any atom is -0.489 e. The number of ether oxygens (including phenoxy) is 2. The molecule has 1 saturated carbocycles. The Morgan fingerprint density at radius 1 is 1.12 bits per heavy atom. The zero-order chi connectivity index (χ0) is 23.3. The summed E-state index contributed by atoms with van der Waals surface area (Å²) in [6.07, 6.45) is 8.38. The second-order valence-corrected chi connectivity index (χ2v) is 8.98. The fourth-order valence-electron chi connectivity index (χ4n) is 4.04. The molecule has 1 N–H and O–H groups in total. The predicted molar refractivity (Wildman–Crippen MR) is 128 cm³/mol. The molecule has 1 saturated heterocycles. The van der Waals surface area contributed by atoms with Crippen molar-refractivity contribution in [3.8, 4) is 11.6 Å². The first-order valence-electron chi connectivity index (χ1n) is 11.8. The molecule has 0 spiro atoms. The molecular weight excluding hydrogens is 430 g/mol. The van der Waals surface area contributed by atoms with Crippen molar-refractivity contribution < 1.29 is 14.3 Å². The van der Waals surface area contributed by atoms with E-state index in [4.69, 9.17) is 9.47 Å². The SMILES string of the molecule is C[C@H](NC(=O)c1ccnnc1)c1ccc(OC2CCN(c3ccnc(OCC4CC4)c3)C2)cc1. The van der Waals surface area contributed by atoms with Crippen LogP contribution in [-0.4, -0.2) is 46.9 Å². The third-order valence-corrected chi connectivity index (χ3v) is 6.27. The van der Waals surface area contributed by atoms with Crippen LogP contribution in [0.15, 0.2) is 61.1 Å². The Hall–Kier alpha value is -3.68. The molecule has 1 aliphatic carbocycles. The maximum absolute atomic E-state index is 12.3. The van der Waals surface area contributed by atoms with Gasteiger partial charge in [-0.25, -0.2) is 4.98 Å². The molecule has 2 fully saturated rings. The number of nitrogens with zero attached hydrogens (tertiary/aromatic N) is 4. The summed E-state index contributed by atoms with van der Waals surface area (Å²) in [6.45, 7) is 4.47. The van der Waals surface area contributed by atoms with E-state index in [-0.39, 0.29) is 18.1 Å². The first-order valence-corrected chi connectivity index (χ1v) is 11.8. The van der Waals surface area contributed by atoms with Gasteiger partial charge in [0.1, 0.15) is 11.9 Å². The number of aromatic nitrogens is 3. The molecule has 1 aliphatic heterocycles. The number of rotatable bonds is 9. The molecule has 2 aliphatic rings. The minimum atomic E-state index is -0.175. The lowest BCUT2D eigenvalue weighted by Crippen LogP contribution is -2.26. The summed E-state index contributed by atoms with van der Waals surface area (Å²) in [4.78, 5) is 19.0. The van der Waals surface area contributed by atoms with E-state index in [1.165, 1.54) is 25.2 Å². The lowest BCUT2D eigenvalue weighted by molar-refractivity contribution is 0.0939. The van der Waals surface area contributed by atoms with Crippen LogP contribution in [0.3, 0.4) is 0 Å². The second-order valence-electron chi connectivity index (χ2n) is 8.98. The molecule has 1 aromatic carbocycles. The van der Waals surface area contributed by atoms with Crippen LogP contribution in [0.5, 0.6) is 11.6 Å². The van der Waals surface area contributed by atoms with Crippen LogP contribution < -0.4 is 19.7 Å². The van der Waals surface area contributed by atoms with E-state index in [0.29, 0.717) is 17.4 Å². The molecular formula is C26H29N5O3. The van der Waals surface area contributed by atoms with Crippen molar-refractivity contribution in [2.45, 2.75) is 38.3 Å². The monoisotopic (exact) mass is 459 g/mol. The normalized spacial score (nSPS) is 18.4. The van der Waals surface area contributed by atoms with E-state index >= 15 is 0 Å². The fourth-order valence-corrected chi connectivity index (χ4v) is 4.04. The first-order chi connectivity index (χ1) is 16.6. The van der Waals surface area contributed by atoms with Crippen molar-refractivity contribution >= 4 is 11.6 Å². The molecule has 8 nitrogen and oxygen atoms in total. The van der Waals surface area contributed by atoms with E-state index in [0.717, 1.165) is 43.1 Å². The van der Waals surface area contributed by atoms with Gasteiger partial charge in [0, 0.05) is 30.9 Å². The van der Waals surface area contributed by atoms with Gasteiger partial charge in [-0.3, -0.25) is 4.79 Å². The Labute approximate surface area is 199 Å². The summed E-state index contributed by atoms with van der Waals surface area (Å²) >= 11 is 0. The van der Waals surface area contributed by atoms with E-state index in [9.17, 15) is 4.79 Å².